The van der Waals surface area contributed by atoms with Gasteiger partial charge in [-0.05, 0) is 13.0 Å². The highest BCUT2D eigenvalue weighted by atomic mass is 19.3. The number of likely N-dealkylation sites (N-methyl/N-ethyl adjacent to an activating group) is 1. The first kappa shape index (κ1) is 8.87. The fourth-order valence-corrected chi connectivity index (χ4v) is 1.60. The molecular weight excluding hydrogens is 150 g/mol. The number of likely N-dealkylation sites (tertiary alicyclic amines) is 1. The number of hydrogen-bond acceptors (Lipinski definition) is 2. The lowest BCUT2D eigenvalue weighted by Crippen LogP contribution is -2.30. The Hall–Kier alpha value is -0.220. The summed E-state index contributed by atoms with van der Waals surface area (Å²) in [5, 5.41) is 0. The zero-order chi connectivity index (χ0) is 8.43. The van der Waals surface area contributed by atoms with Gasteiger partial charge in [-0.3, -0.25) is 0 Å². The number of halogens is 2. The summed E-state index contributed by atoms with van der Waals surface area (Å²) in [6.45, 7) is 1.46. The molecule has 1 aliphatic rings. The second kappa shape index (κ2) is 3.45. The van der Waals surface area contributed by atoms with Crippen molar-refractivity contribution in [1.82, 2.24) is 4.90 Å². The zero-order valence-electron chi connectivity index (χ0n) is 6.63. The van der Waals surface area contributed by atoms with Gasteiger partial charge in [0.1, 0.15) is 0 Å². The normalized spacial score (nSPS) is 33.5. The Bertz CT molecular complexity index is 130. The van der Waals surface area contributed by atoms with Gasteiger partial charge in [-0.15, -0.1) is 0 Å². The van der Waals surface area contributed by atoms with Gasteiger partial charge in [0.05, 0.1) is 0 Å². The summed E-state index contributed by atoms with van der Waals surface area (Å²) in [6.07, 6.45) is -2.26. The Morgan fingerprint density at radius 3 is 2.55 bits per heavy atom. The van der Waals surface area contributed by atoms with Crippen LogP contribution in [0.1, 0.15) is 6.42 Å². The van der Waals surface area contributed by atoms with E-state index in [0.717, 1.165) is 6.54 Å². The first-order valence-corrected chi connectivity index (χ1v) is 3.82. The van der Waals surface area contributed by atoms with Gasteiger partial charge in [-0.25, -0.2) is 8.78 Å². The number of hydrogen-bond donors (Lipinski definition) is 1. The van der Waals surface area contributed by atoms with Gasteiger partial charge in [-0.1, -0.05) is 0 Å². The highest BCUT2D eigenvalue weighted by Crippen LogP contribution is 2.20. The van der Waals surface area contributed by atoms with Crippen molar-refractivity contribution < 1.29 is 8.78 Å². The molecule has 0 aromatic rings. The summed E-state index contributed by atoms with van der Waals surface area (Å²) >= 11 is 0. The number of rotatable bonds is 2. The molecule has 1 saturated heterocycles. The molecule has 0 radical (unpaired) electrons. The van der Waals surface area contributed by atoms with Crippen LogP contribution in [0.25, 0.3) is 0 Å². The molecule has 0 bridgehead atoms. The fourth-order valence-electron chi connectivity index (χ4n) is 1.60. The van der Waals surface area contributed by atoms with Crippen molar-refractivity contribution in [3.05, 3.63) is 0 Å². The predicted octanol–water partition coefficient (Wildman–Crippen LogP) is 0.531. The second-order valence-corrected chi connectivity index (χ2v) is 3.27. The number of nitrogens with zero attached hydrogens (tertiary/aromatic N) is 1. The average Bonchev–Trinajstić information content (AvgIpc) is 2.09. The van der Waals surface area contributed by atoms with Crippen molar-refractivity contribution >= 4 is 0 Å². The average molecular weight is 164 g/mol. The quantitative estimate of drug-likeness (QED) is 0.645. The molecule has 1 fully saturated rings. The molecule has 1 rings (SSSR count). The standard InChI is InChI=1S/C7H14F2N2/c1-11-3-5(2-7(8)9)6(10)4-11/h5-7H,2-4,10H2,1H3. The molecule has 66 valence electrons. The Morgan fingerprint density at radius 2 is 2.18 bits per heavy atom. The van der Waals surface area contributed by atoms with E-state index >= 15 is 0 Å². The van der Waals surface area contributed by atoms with Crippen LogP contribution in [0.5, 0.6) is 0 Å². The van der Waals surface area contributed by atoms with Gasteiger partial charge in [0.2, 0.25) is 6.43 Å². The first-order valence-electron chi connectivity index (χ1n) is 3.82. The molecule has 1 heterocycles. The molecule has 2 nitrogen and oxygen atoms in total. The van der Waals surface area contributed by atoms with Gasteiger partial charge in [-0.2, -0.15) is 0 Å². The summed E-state index contributed by atoms with van der Waals surface area (Å²) in [5.41, 5.74) is 5.64. The van der Waals surface area contributed by atoms with Gasteiger partial charge in [0.25, 0.3) is 0 Å². The summed E-state index contributed by atoms with van der Waals surface area (Å²) in [5.74, 6) is -0.0139. The minimum atomic E-state index is -2.21. The Balaban J connectivity index is 2.34. The summed E-state index contributed by atoms with van der Waals surface area (Å²) in [7, 11) is 1.91. The van der Waals surface area contributed by atoms with E-state index < -0.39 is 6.43 Å². The molecule has 0 aliphatic carbocycles. The molecule has 0 aromatic heterocycles. The maximum absolute atomic E-state index is 11.9. The van der Waals surface area contributed by atoms with E-state index in [-0.39, 0.29) is 18.4 Å². The summed E-state index contributed by atoms with van der Waals surface area (Å²) < 4.78 is 23.8. The SMILES string of the molecule is CN1CC(N)C(CC(F)F)C1. The molecule has 2 unspecified atom stereocenters. The van der Waals surface area contributed by atoms with Crippen LogP contribution >= 0.6 is 0 Å². The lowest BCUT2D eigenvalue weighted by Gasteiger charge is -2.12. The molecule has 0 aromatic carbocycles. The minimum Gasteiger partial charge on any atom is -0.326 e. The molecule has 1 aliphatic heterocycles. The molecule has 4 heteroatoms. The van der Waals surface area contributed by atoms with Crippen molar-refractivity contribution in [2.75, 3.05) is 20.1 Å². The lowest BCUT2D eigenvalue weighted by atomic mass is 10.0. The van der Waals surface area contributed by atoms with Gasteiger partial charge >= 0.3 is 0 Å². The topological polar surface area (TPSA) is 29.3 Å². The van der Waals surface area contributed by atoms with Crippen LogP contribution in [0.15, 0.2) is 0 Å². The number of nitrogens with two attached hydrogens (primary N) is 1. The molecule has 2 N–H and O–H groups in total. The molecule has 0 spiro atoms. The minimum absolute atomic E-state index is 0.0139. The Kier molecular flexibility index (Phi) is 2.78. The number of alkyl halides is 2. The van der Waals surface area contributed by atoms with Crippen molar-refractivity contribution in [3.63, 3.8) is 0 Å². The van der Waals surface area contributed by atoms with E-state index in [2.05, 4.69) is 0 Å². The monoisotopic (exact) mass is 164 g/mol. The van der Waals surface area contributed by atoms with Crippen molar-refractivity contribution in [2.24, 2.45) is 11.7 Å². The van der Waals surface area contributed by atoms with E-state index in [4.69, 9.17) is 5.73 Å². The molecule has 0 amide bonds. The molecule has 2 atom stereocenters. The summed E-state index contributed by atoms with van der Waals surface area (Å²) in [6, 6.07) is -0.0611. The first-order chi connectivity index (χ1) is 5.09. The Morgan fingerprint density at radius 1 is 1.55 bits per heavy atom. The predicted molar refractivity (Wildman–Crippen MR) is 39.6 cm³/mol. The van der Waals surface area contributed by atoms with Crippen LogP contribution in [0.2, 0.25) is 0 Å². The van der Waals surface area contributed by atoms with E-state index in [0.29, 0.717) is 6.54 Å². The highest BCUT2D eigenvalue weighted by Gasteiger charge is 2.29. The summed E-state index contributed by atoms with van der Waals surface area (Å²) in [4.78, 5) is 2.00. The lowest BCUT2D eigenvalue weighted by molar-refractivity contribution is 0.113. The van der Waals surface area contributed by atoms with E-state index in [1.807, 2.05) is 11.9 Å². The van der Waals surface area contributed by atoms with Gasteiger partial charge in [0.15, 0.2) is 0 Å². The molecule has 11 heavy (non-hydrogen) atoms. The van der Waals surface area contributed by atoms with E-state index in [9.17, 15) is 8.78 Å². The van der Waals surface area contributed by atoms with E-state index in [1.54, 1.807) is 0 Å². The van der Waals surface area contributed by atoms with Crippen LogP contribution < -0.4 is 5.73 Å². The largest absolute Gasteiger partial charge is 0.326 e. The van der Waals surface area contributed by atoms with Crippen molar-refractivity contribution in [3.8, 4) is 0 Å². The smallest absolute Gasteiger partial charge is 0.239 e. The van der Waals surface area contributed by atoms with Crippen LogP contribution in [-0.4, -0.2) is 37.5 Å². The van der Waals surface area contributed by atoms with Crippen LogP contribution in [0.4, 0.5) is 8.78 Å². The van der Waals surface area contributed by atoms with Crippen LogP contribution in [0, 0.1) is 5.92 Å². The van der Waals surface area contributed by atoms with Crippen molar-refractivity contribution in [1.29, 1.82) is 0 Å². The fraction of sp³-hybridized carbons (Fsp3) is 1.00. The maximum Gasteiger partial charge on any atom is 0.239 e. The second-order valence-electron chi connectivity index (χ2n) is 3.27. The van der Waals surface area contributed by atoms with Gasteiger partial charge < -0.3 is 10.6 Å². The van der Waals surface area contributed by atoms with Gasteiger partial charge in [0, 0.05) is 25.6 Å². The Labute approximate surface area is 65.4 Å². The molecular formula is C7H14F2N2. The third kappa shape index (κ3) is 2.38. The maximum atomic E-state index is 11.9. The van der Waals surface area contributed by atoms with Crippen LogP contribution in [0.3, 0.4) is 0 Å². The molecule has 0 saturated carbocycles. The third-order valence-corrected chi connectivity index (χ3v) is 2.16. The third-order valence-electron chi connectivity index (χ3n) is 2.16. The van der Waals surface area contributed by atoms with Crippen molar-refractivity contribution in [2.45, 2.75) is 18.9 Å². The van der Waals surface area contributed by atoms with E-state index in [1.165, 1.54) is 0 Å². The van der Waals surface area contributed by atoms with Crippen LogP contribution in [-0.2, 0) is 0 Å². The zero-order valence-corrected chi connectivity index (χ0v) is 6.63. The highest BCUT2D eigenvalue weighted by molar-refractivity contribution is 4.85.